The summed E-state index contributed by atoms with van der Waals surface area (Å²) in [6.45, 7) is 6.09. The average Bonchev–Trinajstić information content (AvgIpc) is 2.50. The molecule has 0 aromatic carbocycles. The van der Waals surface area contributed by atoms with E-state index in [0.717, 1.165) is 27.2 Å². The molecule has 0 bridgehead atoms. The summed E-state index contributed by atoms with van der Waals surface area (Å²) < 4.78 is 4.86. The molecule has 1 aromatic rings. The Morgan fingerprint density at radius 2 is 2.06 bits per heavy atom. The molecule has 0 spiro atoms. The van der Waals surface area contributed by atoms with Gasteiger partial charge in [0.2, 0.25) is 0 Å². The van der Waals surface area contributed by atoms with Gasteiger partial charge in [-0.15, -0.1) is 11.3 Å². The Morgan fingerprint density at radius 1 is 1.38 bits per heavy atom. The van der Waals surface area contributed by atoms with Gasteiger partial charge in [-0.05, 0) is 32.8 Å². The zero-order chi connectivity index (χ0) is 12.1. The number of esters is 1. The van der Waals surface area contributed by atoms with E-state index in [0.29, 0.717) is 19.4 Å². The first-order valence-corrected chi connectivity index (χ1v) is 6.11. The number of carbonyl (C=O) groups is 2. The molecule has 0 unspecified atom stereocenters. The summed E-state index contributed by atoms with van der Waals surface area (Å²) in [6, 6.07) is 0. The van der Waals surface area contributed by atoms with Crippen molar-refractivity contribution in [3.63, 3.8) is 0 Å². The molecule has 0 atom stereocenters. The molecule has 0 fully saturated rings. The molecular formula is C12H16O3S. The van der Waals surface area contributed by atoms with Gasteiger partial charge >= 0.3 is 5.97 Å². The second-order valence-corrected chi connectivity index (χ2v) is 4.96. The van der Waals surface area contributed by atoms with Crippen LogP contribution in [0.25, 0.3) is 0 Å². The van der Waals surface area contributed by atoms with Gasteiger partial charge in [-0.25, -0.2) is 0 Å². The fraction of sp³-hybridized carbons (Fsp3) is 0.500. The first kappa shape index (κ1) is 12.9. The van der Waals surface area contributed by atoms with E-state index in [1.807, 2.05) is 13.8 Å². The summed E-state index contributed by atoms with van der Waals surface area (Å²) in [7, 11) is 0. The van der Waals surface area contributed by atoms with Crippen LogP contribution in [-0.2, 0) is 16.0 Å². The third kappa shape index (κ3) is 2.92. The van der Waals surface area contributed by atoms with Crippen LogP contribution in [0.5, 0.6) is 0 Å². The van der Waals surface area contributed by atoms with Gasteiger partial charge < -0.3 is 4.74 Å². The highest BCUT2D eigenvalue weighted by molar-refractivity contribution is 7.12. The minimum Gasteiger partial charge on any atom is -0.466 e. The number of hydrogen-bond donors (Lipinski definition) is 0. The highest BCUT2D eigenvalue weighted by atomic mass is 32.1. The van der Waals surface area contributed by atoms with Crippen molar-refractivity contribution in [3.8, 4) is 0 Å². The second kappa shape index (κ2) is 5.80. The molecule has 0 aliphatic heterocycles. The van der Waals surface area contributed by atoms with E-state index in [2.05, 4.69) is 0 Å². The third-order valence-electron chi connectivity index (χ3n) is 2.44. The summed E-state index contributed by atoms with van der Waals surface area (Å²) in [4.78, 5) is 24.3. The Labute approximate surface area is 99.4 Å². The minimum atomic E-state index is -0.206. The smallest absolute Gasteiger partial charge is 0.306 e. The topological polar surface area (TPSA) is 43.4 Å². The van der Waals surface area contributed by atoms with Crippen LogP contribution in [0.15, 0.2) is 0 Å². The molecule has 4 heteroatoms. The largest absolute Gasteiger partial charge is 0.466 e. The highest BCUT2D eigenvalue weighted by Gasteiger charge is 2.13. The minimum absolute atomic E-state index is 0.206. The molecule has 3 nitrogen and oxygen atoms in total. The molecule has 0 amide bonds. The number of thiophene rings is 1. The number of aldehydes is 1. The summed E-state index contributed by atoms with van der Waals surface area (Å²) in [5.41, 5.74) is 1.73. The van der Waals surface area contributed by atoms with Crippen LogP contribution in [0.2, 0.25) is 0 Å². The predicted octanol–water partition coefficient (Wildman–Crippen LogP) is 2.67. The Morgan fingerprint density at radius 3 is 2.62 bits per heavy atom. The van der Waals surface area contributed by atoms with Crippen LogP contribution >= 0.6 is 11.3 Å². The lowest BCUT2D eigenvalue weighted by atomic mass is 10.1. The number of ether oxygens (including phenoxy) is 1. The number of carbonyl (C=O) groups excluding carboxylic acids is 2. The van der Waals surface area contributed by atoms with Crippen LogP contribution in [0, 0.1) is 13.8 Å². The average molecular weight is 240 g/mol. The fourth-order valence-corrected chi connectivity index (χ4v) is 2.75. The van der Waals surface area contributed by atoms with Crippen molar-refractivity contribution in [2.75, 3.05) is 6.61 Å². The highest BCUT2D eigenvalue weighted by Crippen LogP contribution is 2.27. The van der Waals surface area contributed by atoms with E-state index >= 15 is 0 Å². The number of aryl methyl sites for hydroxylation is 2. The molecular weight excluding hydrogens is 224 g/mol. The fourth-order valence-electron chi connectivity index (χ4n) is 1.67. The van der Waals surface area contributed by atoms with Crippen molar-refractivity contribution < 1.29 is 14.3 Å². The maximum Gasteiger partial charge on any atom is 0.306 e. The van der Waals surface area contributed by atoms with Crippen LogP contribution in [0.3, 0.4) is 0 Å². The van der Waals surface area contributed by atoms with E-state index in [4.69, 9.17) is 4.74 Å². The molecule has 16 heavy (non-hydrogen) atoms. The van der Waals surface area contributed by atoms with Gasteiger partial charge in [-0.2, -0.15) is 0 Å². The molecule has 0 aliphatic carbocycles. The van der Waals surface area contributed by atoms with Crippen LogP contribution < -0.4 is 0 Å². The van der Waals surface area contributed by atoms with E-state index in [1.54, 1.807) is 18.3 Å². The maximum atomic E-state index is 11.2. The summed E-state index contributed by atoms with van der Waals surface area (Å²) in [5.74, 6) is -0.206. The lowest BCUT2D eigenvalue weighted by molar-refractivity contribution is -0.143. The zero-order valence-electron chi connectivity index (χ0n) is 9.83. The molecule has 0 N–H and O–H groups in total. The van der Waals surface area contributed by atoms with Crippen molar-refractivity contribution in [1.82, 2.24) is 0 Å². The first-order chi connectivity index (χ1) is 7.60. The van der Waals surface area contributed by atoms with Crippen molar-refractivity contribution in [2.24, 2.45) is 0 Å². The van der Waals surface area contributed by atoms with E-state index < -0.39 is 0 Å². The molecule has 1 heterocycles. The molecule has 0 saturated heterocycles. The predicted molar refractivity (Wildman–Crippen MR) is 64.1 cm³/mol. The Bertz CT molecular complexity index is 393. The first-order valence-electron chi connectivity index (χ1n) is 5.29. The molecule has 0 aliphatic rings. The van der Waals surface area contributed by atoms with Crippen LogP contribution in [0.4, 0.5) is 0 Å². The maximum absolute atomic E-state index is 11.2. The van der Waals surface area contributed by atoms with E-state index in [9.17, 15) is 9.59 Å². The molecule has 1 rings (SSSR count). The summed E-state index contributed by atoms with van der Waals surface area (Å²) >= 11 is 1.60. The summed E-state index contributed by atoms with van der Waals surface area (Å²) in [5, 5.41) is 0. The molecule has 0 radical (unpaired) electrons. The van der Waals surface area contributed by atoms with Gasteiger partial charge in [0.05, 0.1) is 6.61 Å². The monoisotopic (exact) mass is 240 g/mol. The summed E-state index contributed by atoms with van der Waals surface area (Å²) in [6.07, 6.45) is 1.80. The van der Waals surface area contributed by atoms with Gasteiger partial charge in [0.15, 0.2) is 6.29 Å². The number of hydrogen-bond acceptors (Lipinski definition) is 4. The van der Waals surface area contributed by atoms with Crippen LogP contribution in [0.1, 0.15) is 39.0 Å². The van der Waals surface area contributed by atoms with Crippen LogP contribution in [-0.4, -0.2) is 18.9 Å². The molecule has 88 valence electrons. The Hall–Kier alpha value is -1.16. The van der Waals surface area contributed by atoms with E-state index in [1.165, 1.54) is 0 Å². The Balaban J connectivity index is 2.73. The van der Waals surface area contributed by atoms with Gasteiger partial charge in [-0.1, -0.05) is 0 Å². The third-order valence-corrected chi connectivity index (χ3v) is 3.52. The molecule has 0 saturated carbocycles. The normalized spacial score (nSPS) is 10.2. The standard InChI is InChI=1S/C12H16O3S/c1-4-15-12(14)6-5-10-8(2)16-9(3)11(10)7-13/h7H,4-6H2,1-3H3. The van der Waals surface area contributed by atoms with Gasteiger partial charge in [0, 0.05) is 21.7 Å². The molecule has 1 aromatic heterocycles. The second-order valence-electron chi connectivity index (χ2n) is 3.53. The van der Waals surface area contributed by atoms with Crippen molar-refractivity contribution >= 4 is 23.6 Å². The van der Waals surface area contributed by atoms with E-state index in [-0.39, 0.29) is 5.97 Å². The quantitative estimate of drug-likeness (QED) is 0.587. The zero-order valence-corrected chi connectivity index (χ0v) is 10.6. The van der Waals surface area contributed by atoms with Crippen molar-refractivity contribution in [2.45, 2.75) is 33.6 Å². The van der Waals surface area contributed by atoms with Gasteiger partial charge in [-0.3, -0.25) is 9.59 Å². The Kier molecular flexibility index (Phi) is 4.68. The SMILES string of the molecule is CCOC(=O)CCc1c(C)sc(C)c1C=O. The van der Waals surface area contributed by atoms with Crippen molar-refractivity contribution in [1.29, 1.82) is 0 Å². The van der Waals surface area contributed by atoms with Crippen molar-refractivity contribution in [3.05, 3.63) is 20.9 Å². The van der Waals surface area contributed by atoms with Gasteiger partial charge in [0.1, 0.15) is 0 Å². The lowest BCUT2D eigenvalue weighted by Crippen LogP contribution is -2.06. The lowest BCUT2D eigenvalue weighted by Gasteiger charge is -2.02. The number of rotatable bonds is 5. The van der Waals surface area contributed by atoms with Gasteiger partial charge in [0.25, 0.3) is 0 Å².